The molecule has 0 atom stereocenters. The Hall–Kier alpha value is -3.29. The molecule has 8 heteroatoms. The van der Waals surface area contributed by atoms with Gasteiger partial charge in [-0.1, -0.05) is 0 Å². The van der Waals surface area contributed by atoms with E-state index >= 15 is 0 Å². The Morgan fingerprint density at radius 1 is 1.13 bits per heavy atom. The standard InChI is InChI=1S/C15H10O8/c1-4(16)14-12(20)8-6(23-14)3-5-7(10(8)18)11(19)15(22-2)13(21)9(5)17/h3,18,20-21H,1-2H3. The molecular weight excluding hydrogens is 308 g/mol. The van der Waals surface area contributed by atoms with E-state index in [2.05, 4.69) is 0 Å². The van der Waals surface area contributed by atoms with Gasteiger partial charge in [-0.25, -0.2) is 0 Å². The Morgan fingerprint density at radius 2 is 1.78 bits per heavy atom. The van der Waals surface area contributed by atoms with Crippen molar-refractivity contribution in [3.63, 3.8) is 0 Å². The molecule has 3 rings (SSSR count). The number of hydrogen-bond acceptors (Lipinski definition) is 8. The van der Waals surface area contributed by atoms with Crippen molar-refractivity contribution in [1.82, 2.24) is 0 Å². The molecule has 0 bridgehead atoms. The number of benzene rings is 1. The van der Waals surface area contributed by atoms with E-state index in [-0.39, 0.29) is 16.5 Å². The van der Waals surface area contributed by atoms with E-state index in [0.717, 1.165) is 20.1 Å². The summed E-state index contributed by atoms with van der Waals surface area (Å²) in [6, 6.07) is 1.07. The van der Waals surface area contributed by atoms with Crippen molar-refractivity contribution in [2.75, 3.05) is 7.11 Å². The van der Waals surface area contributed by atoms with Gasteiger partial charge in [-0.15, -0.1) is 0 Å². The lowest BCUT2D eigenvalue weighted by molar-refractivity contribution is 0.0853. The molecule has 8 nitrogen and oxygen atoms in total. The van der Waals surface area contributed by atoms with Gasteiger partial charge in [0.1, 0.15) is 16.7 Å². The van der Waals surface area contributed by atoms with Gasteiger partial charge >= 0.3 is 0 Å². The molecular formula is C15H10O8. The number of phenols is 1. The van der Waals surface area contributed by atoms with Crippen LogP contribution >= 0.6 is 0 Å². The van der Waals surface area contributed by atoms with Crippen molar-refractivity contribution in [3.05, 3.63) is 34.5 Å². The van der Waals surface area contributed by atoms with Crippen LogP contribution in [0.3, 0.4) is 0 Å². The molecule has 23 heavy (non-hydrogen) atoms. The molecule has 1 heterocycles. The van der Waals surface area contributed by atoms with E-state index in [1.165, 1.54) is 0 Å². The summed E-state index contributed by atoms with van der Waals surface area (Å²) < 4.78 is 9.82. The zero-order valence-electron chi connectivity index (χ0n) is 12.0. The number of methoxy groups -OCH3 is 1. The molecule has 0 spiro atoms. The smallest absolute Gasteiger partial charge is 0.236 e. The number of aromatic hydroxyl groups is 2. The topological polar surface area (TPSA) is 134 Å². The Morgan fingerprint density at radius 3 is 2.35 bits per heavy atom. The molecule has 118 valence electrons. The SMILES string of the molecule is COC1=C(O)C(=O)c2cc3oc(C(C)=O)c(O)c3c(O)c2C1=O. The first kappa shape index (κ1) is 14.6. The maximum Gasteiger partial charge on any atom is 0.236 e. The van der Waals surface area contributed by atoms with E-state index in [0.29, 0.717) is 0 Å². The molecule has 0 unspecified atom stereocenters. The van der Waals surface area contributed by atoms with Crippen LogP contribution in [0.1, 0.15) is 38.2 Å². The highest BCUT2D eigenvalue weighted by molar-refractivity contribution is 6.28. The number of carbonyl (C=O) groups excluding carboxylic acids is 3. The lowest BCUT2D eigenvalue weighted by Gasteiger charge is -2.17. The third-order valence-electron chi connectivity index (χ3n) is 3.56. The van der Waals surface area contributed by atoms with Gasteiger partial charge in [-0.3, -0.25) is 14.4 Å². The molecule has 3 N–H and O–H groups in total. The van der Waals surface area contributed by atoms with Gasteiger partial charge in [0.05, 0.1) is 12.7 Å². The van der Waals surface area contributed by atoms with Crippen LogP contribution in [0.5, 0.6) is 11.5 Å². The van der Waals surface area contributed by atoms with Gasteiger partial charge < -0.3 is 24.5 Å². The van der Waals surface area contributed by atoms with Crippen molar-refractivity contribution in [2.45, 2.75) is 6.92 Å². The second-order valence-electron chi connectivity index (χ2n) is 4.90. The minimum absolute atomic E-state index is 0.168. The molecule has 0 saturated heterocycles. The summed E-state index contributed by atoms with van der Waals surface area (Å²) in [4.78, 5) is 35.8. The number of rotatable bonds is 2. The third kappa shape index (κ3) is 1.75. The highest BCUT2D eigenvalue weighted by Crippen LogP contribution is 2.44. The first-order chi connectivity index (χ1) is 10.8. The van der Waals surface area contributed by atoms with Gasteiger partial charge in [0.15, 0.2) is 11.5 Å². The number of aliphatic hydroxyl groups excluding tert-OH is 1. The number of fused-ring (bicyclic) bond motifs is 2. The highest BCUT2D eigenvalue weighted by atomic mass is 16.5. The lowest BCUT2D eigenvalue weighted by Crippen LogP contribution is -2.23. The maximum atomic E-state index is 12.3. The quantitative estimate of drug-likeness (QED) is 0.714. The van der Waals surface area contributed by atoms with E-state index in [1.54, 1.807) is 0 Å². The van der Waals surface area contributed by atoms with Crippen LogP contribution in [-0.2, 0) is 4.74 Å². The number of carbonyl (C=O) groups is 3. The maximum absolute atomic E-state index is 12.3. The van der Waals surface area contributed by atoms with E-state index in [1.807, 2.05) is 0 Å². The number of phenolic OH excluding ortho intramolecular Hbond substituents is 1. The van der Waals surface area contributed by atoms with Crippen LogP contribution in [0.25, 0.3) is 11.0 Å². The number of ketones is 3. The molecule has 0 aliphatic heterocycles. The van der Waals surface area contributed by atoms with Crippen molar-refractivity contribution in [1.29, 1.82) is 0 Å². The average Bonchev–Trinajstić information content (AvgIpc) is 2.83. The summed E-state index contributed by atoms with van der Waals surface area (Å²) in [5, 5.41) is 29.8. The Balaban J connectivity index is 2.43. The molecule has 1 aliphatic rings. The molecule has 0 fully saturated rings. The van der Waals surface area contributed by atoms with Gasteiger partial charge in [-0.05, 0) is 6.07 Å². The summed E-state index contributed by atoms with van der Waals surface area (Å²) >= 11 is 0. The molecule has 0 saturated carbocycles. The minimum Gasteiger partial charge on any atom is -0.506 e. The van der Waals surface area contributed by atoms with Crippen molar-refractivity contribution < 1.29 is 38.9 Å². The Bertz CT molecular complexity index is 944. The predicted octanol–water partition coefficient (Wildman–Crippen LogP) is 1.84. The van der Waals surface area contributed by atoms with Gasteiger partial charge in [-0.2, -0.15) is 0 Å². The fourth-order valence-corrected chi connectivity index (χ4v) is 2.51. The number of allylic oxidation sites excluding steroid dienone is 2. The van der Waals surface area contributed by atoms with Crippen molar-refractivity contribution >= 4 is 28.3 Å². The monoisotopic (exact) mass is 318 g/mol. The minimum atomic E-state index is -0.950. The van der Waals surface area contributed by atoms with Crippen molar-refractivity contribution in [3.8, 4) is 11.5 Å². The molecule has 0 amide bonds. The summed E-state index contributed by atoms with van der Waals surface area (Å²) in [6.45, 7) is 1.14. The fraction of sp³-hybridized carbons (Fsp3) is 0.133. The first-order valence-corrected chi connectivity index (χ1v) is 6.38. The molecule has 1 aliphatic carbocycles. The van der Waals surface area contributed by atoms with Crippen molar-refractivity contribution in [2.24, 2.45) is 0 Å². The Kier molecular flexibility index (Phi) is 2.93. The molecule has 0 radical (unpaired) electrons. The zero-order chi connectivity index (χ0) is 17.0. The molecule has 2 aromatic rings. The number of Topliss-reactive ketones (excluding diaryl/α,β-unsaturated/α-hetero) is 3. The average molecular weight is 318 g/mol. The summed E-state index contributed by atoms with van der Waals surface area (Å²) in [6.07, 6.45) is 0. The third-order valence-corrected chi connectivity index (χ3v) is 3.56. The largest absolute Gasteiger partial charge is 0.506 e. The van der Waals surface area contributed by atoms with Crippen LogP contribution in [0.4, 0.5) is 0 Å². The van der Waals surface area contributed by atoms with Gasteiger partial charge in [0, 0.05) is 12.5 Å². The normalized spacial score (nSPS) is 14.3. The first-order valence-electron chi connectivity index (χ1n) is 6.38. The van der Waals surface area contributed by atoms with Gasteiger partial charge in [0.2, 0.25) is 28.8 Å². The predicted molar refractivity (Wildman–Crippen MR) is 74.9 cm³/mol. The van der Waals surface area contributed by atoms with Crippen LogP contribution in [0, 0.1) is 0 Å². The Labute approximate surface area is 128 Å². The second-order valence-corrected chi connectivity index (χ2v) is 4.90. The number of aliphatic hydroxyl groups is 1. The summed E-state index contributed by atoms with van der Waals surface area (Å²) in [7, 11) is 1.08. The van der Waals surface area contributed by atoms with E-state index < -0.39 is 51.7 Å². The van der Waals surface area contributed by atoms with Crippen LogP contribution in [0.15, 0.2) is 22.0 Å². The molecule has 1 aromatic carbocycles. The lowest BCUT2D eigenvalue weighted by atomic mass is 9.90. The van der Waals surface area contributed by atoms with E-state index in [9.17, 15) is 29.7 Å². The van der Waals surface area contributed by atoms with Crippen LogP contribution in [-0.4, -0.2) is 39.8 Å². The highest BCUT2D eigenvalue weighted by Gasteiger charge is 2.38. The van der Waals surface area contributed by atoms with Gasteiger partial charge in [0.25, 0.3) is 0 Å². The summed E-state index contributed by atoms with van der Waals surface area (Å²) in [5.74, 6) is -5.78. The number of hydrogen-bond donors (Lipinski definition) is 3. The summed E-state index contributed by atoms with van der Waals surface area (Å²) in [5.41, 5.74) is -0.927. The fourth-order valence-electron chi connectivity index (χ4n) is 2.51. The zero-order valence-corrected chi connectivity index (χ0v) is 12.0. The second kappa shape index (κ2) is 4.60. The van der Waals surface area contributed by atoms with E-state index in [4.69, 9.17) is 9.15 Å². The number of furan rings is 1. The van der Waals surface area contributed by atoms with Crippen LogP contribution < -0.4 is 0 Å². The number of ether oxygens (including phenoxy) is 1. The van der Waals surface area contributed by atoms with Crippen LogP contribution in [0.2, 0.25) is 0 Å². The molecule has 1 aromatic heterocycles.